The molecule has 0 unspecified atom stereocenters. The Balaban J connectivity index is 1.57. The molecular weight excluding hydrogens is 392 g/mol. The van der Waals surface area contributed by atoms with E-state index < -0.39 is 0 Å². The van der Waals surface area contributed by atoms with Gasteiger partial charge >= 0.3 is 0 Å². The lowest BCUT2D eigenvalue weighted by Gasteiger charge is -2.25. The van der Waals surface area contributed by atoms with Crippen molar-refractivity contribution >= 4 is 35.0 Å². The zero-order valence-electron chi connectivity index (χ0n) is 17.0. The van der Waals surface area contributed by atoms with E-state index in [0.29, 0.717) is 17.2 Å². The molecule has 3 aromatic carbocycles. The van der Waals surface area contributed by atoms with Gasteiger partial charge in [0, 0.05) is 16.9 Å². The van der Waals surface area contributed by atoms with E-state index in [2.05, 4.69) is 31.3 Å². The molecule has 1 N–H and O–H groups in total. The third-order valence-electron chi connectivity index (χ3n) is 5.17. The van der Waals surface area contributed by atoms with Gasteiger partial charge in [0.15, 0.2) is 0 Å². The number of hydrogen-bond acceptors (Lipinski definition) is 3. The second kappa shape index (κ2) is 8.76. The molecule has 1 aliphatic rings. The van der Waals surface area contributed by atoms with Gasteiger partial charge in [0.25, 0.3) is 5.91 Å². The first-order valence-corrected chi connectivity index (χ1v) is 11.1. The monoisotopic (exact) mass is 416 g/mol. The largest absolute Gasteiger partial charge is 0.322 e. The van der Waals surface area contributed by atoms with Crippen molar-refractivity contribution in [2.45, 2.75) is 25.1 Å². The third kappa shape index (κ3) is 4.26. The molecule has 1 fully saturated rings. The van der Waals surface area contributed by atoms with Crippen molar-refractivity contribution in [1.29, 1.82) is 0 Å². The average Bonchev–Trinajstić information content (AvgIpc) is 3.16. The van der Waals surface area contributed by atoms with E-state index in [9.17, 15) is 9.59 Å². The van der Waals surface area contributed by atoms with E-state index in [1.807, 2.05) is 59.5 Å². The van der Waals surface area contributed by atoms with Crippen LogP contribution in [0.4, 0.5) is 11.4 Å². The van der Waals surface area contributed by atoms with Gasteiger partial charge in [-0.3, -0.25) is 14.5 Å². The van der Waals surface area contributed by atoms with Crippen LogP contribution in [0.15, 0.2) is 78.9 Å². The van der Waals surface area contributed by atoms with Gasteiger partial charge in [0.2, 0.25) is 5.91 Å². The predicted octanol–water partition coefficient (Wildman–Crippen LogP) is 5.84. The van der Waals surface area contributed by atoms with Crippen molar-refractivity contribution in [1.82, 2.24) is 0 Å². The van der Waals surface area contributed by atoms with E-state index in [0.717, 1.165) is 16.9 Å². The van der Waals surface area contributed by atoms with Crippen LogP contribution in [0.2, 0.25) is 0 Å². The van der Waals surface area contributed by atoms with Crippen LogP contribution >= 0.6 is 11.8 Å². The lowest BCUT2D eigenvalue weighted by molar-refractivity contribution is -0.115. The lowest BCUT2D eigenvalue weighted by atomic mass is 10.0. The maximum Gasteiger partial charge on any atom is 0.255 e. The highest BCUT2D eigenvalue weighted by Gasteiger charge is 2.34. The number of amides is 2. The number of thioether (sulfide) groups is 1. The molecule has 5 heteroatoms. The van der Waals surface area contributed by atoms with Crippen LogP contribution in [-0.2, 0) is 4.79 Å². The number of carbonyl (C=O) groups excluding carboxylic acids is 2. The van der Waals surface area contributed by atoms with Crippen molar-refractivity contribution in [3.63, 3.8) is 0 Å². The van der Waals surface area contributed by atoms with Crippen molar-refractivity contribution < 1.29 is 9.59 Å². The summed E-state index contributed by atoms with van der Waals surface area (Å²) < 4.78 is 0. The molecule has 0 radical (unpaired) electrons. The Morgan fingerprint density at radius 2 is 1.73 bits per heavy atom. The van der Waals surface area contributed by atoms with Crippen LogP contribution in [0, 0.1) is 0 Å². The fourth-order valence-corrected chi connectivity index (χ4v) is 4.70. The lowest BCUT2D eigenvalue weighted by Crippen LogP contribution is -2.27. The van der Waals surface area contributed by atoms with E-state index in [-0.39, 0.29) is 17.2 Å². The molecule has 0 aromatic heterocycles. The first-order chi connectivity index (χ1) is 14.5. The summed E-state index contributed by atoms with van der Waals surface area (Å²) in [5, 5.41) is 2.84. The van der Waals surface area contributed by atoms with Crippen LogP contribution < -0.4 is 10.2 Å². The minimum atomic E-state index is -0.149. The highest BCUT2D eigenvalue weighted by Crippen LogP contribution is 2.42. The Bertz CT molecular complexity index is 1050. The summed E-state index contributed by atoms with van der Waals surface area (Å²) in [6.07, 6.45) is 0. The smallest absolute Gasteiger partial charge is 0.255 e. The summed E-state index contributed by atoms with van der Waals surface area (Å²) in [6, 6.07) is 25.1. The zero-order valence-corrected chi connectivity index (χ0v) is 17.9. The normalized spacial score (nSPS) is 16.2. The number of carbonyl (C=O) groups is 2. The molecule has 0 bridgehead atoms. The van der Waals surface area contributed by atoms with Gasteiger partial charge in [0.1, 0.15) is 5.37 Å². The second-order valence-corrected chi connectivity index (χ2v) is 8.69. The zero-order chi connectivity index (χ0) is 21.1. The summed E-state index contributed by atoms with van der Waals surface area (Å²) in [5.74, 6) is 0.838. The summed E-state index contributed by atoms with van der Waals surface area (Å²) in [6.45, 7) is 4.31. The Labute approximate surface area is 181 Å². The Hall–Kier alpha value is -3.05. The van der Waals surface area contributed by atoms with Crippen molar-refractivity contribution in [2.24, 2.45) is 0 Å². The second-order valence-electron chi connectivity index (χ2n) is 7.62. The SMILES string of the molecule is CC(C)c1ccc(N2C(=O)CS[C@@H]2c2cccc(NC(=O)c3ccccc3)c2)cc1. The van der Waals surface area contributed by atoms with E-state index in [1.54, 1.807) is 23.9 Å². The van der Waals surface area contributed by atoms with Crippen LogP contribution in [0.1, 0.15) is 46.6 Å². The standard InChI is InChI=1S/C25H24N2O2S/c1-17(2)18-11-13-22(14-12-18)27-23(28)16-30-25(27)20-9-6-10-21(15-20)26-24(29)19-7-4-3-5-8-19/h3-15,17,25H,16H2,1-2H3,(H,26,29)/t25-/m1/s1. The third-order valence-corrected chi connectivity index (χ3v) is 6.38. The van der Waals surface area contributed by atoms with Crippen LogP contribution in [0.5, 0.6) is 0 Å². The molecule has 3 aromatic rings. The quantitative estimate of drug-likeness (QED) is 0.568. The number of rotatable bonds is 5. The maximum absolute atomic E-state index is 12.7. The fraction of sp³-hybridized carbons (Fsp3) is 0.200. The van der Waals surface area contributed by atoms with Gasteiger partial charge < -0.3 is 5.32 Å². The molecule has 30 heavy (non-hydrogen) atoms. The van der Waals surface area contributed by atoms with Crippen LogP contribution in [-0.4, -0.2) is 17.6 Å². The maximum atomic E-state index is 12.7. The van der Waals surface area contributed by atoms with Gasteiger partial charge in [-0.25, -0.2) is 0 Å². The first kappa shape index (κ1) is 20.2. The Morgan fingerprint density at radius 1 is 1.00 bits per heavy atom. The molecule has 1 saturated heterocycles. The number of nitrogens with zero attached hydrogens (tertiary/aromatic N) is 1. The summed E-state index contributed by atoms with van der Waals surface area (Å²) in [7, 11) is 0. The van der Waals surface area contributed by atoms with Crippen molar-refractivity contribution in [3.8, 4) is 0 Å². The molecule has 0 spiro atoms. The molecule has 0 saturated carbocycles. The highest BCUT2D eigenvalue weighted by molar-refractivity contribution is 8.00. The van der Waals surface area contributed by atoms with Gasteiger partial charge in [-0.1, -0.05) is 56.3 Å². The van der Waals surface area contributed by atoms with Gasteiger partial charge in [0.05, 0.1) is 5.75 Å². The van der Waals surface area contributed by atoms with E-state index in [1.165, 1.54) is 5.56 Å². The molecule has 1 aliphatic heterocycles. The minimum Gasteiger partial charge on any atom is -0.322 e. The summed E-state index contributed by atoms with van der Waals surface area (Å²) in [5.41, 5.74) is 4.47. The number of anilines is 2. The van der Waals surface area contributed by atoms with Crippen LogP contribution in [0.25, 0.3) is 0 Å². The molecule has 152 valence electrons. The first-order valence-electron chi connectivity index (χ1n) is 10.0. The molecule has 2 amide bonds. The summed E-state index contributed by atoms with van der Waals surface area (Å²) in [4.78, 5) is 27.0. The molecule has 1 atom stereocenters. The van der Waals surface area contributed by atoms with Crippen LogP contribution in [0.3, 0.4) is 0 Å². The van der Waals surface area contributed by atoms with Crippen molar-refractivity contribution in [3.05, 3.63) is 95.6 Å². The Morgan fingerprint density at radius 3 is 2.43 bits per heavy atom. The number of nitrogens with one attached hydrogen (secondary N) is 1. The molecule has 1 heterocycles. The van der Waals surface area contributed by atoms with Gasteiger partial charge in [-0.15, -0.1) is 11.8 Å². The topological polar surface area (TPSA) is 49.4 Å². The number of hydrogen-bond donors (Lipinski definition) is 1. The highest BCUT2D eigenvalue weighted by atomic mass is 32.2. The van der Waals surface area contributed by atoms with E-state index in [4.69, 9.17) is 0 Å². The molecule has 0 aliphatic carbocycles. The van der Waals surface area contributed by atoms with Gasteiger partial charge in [-0.2, -0.15) is 0 Å². The summed E-state index contributed by atoms with van der Waals surface area (Å²) >= 11 is 1.60. The predicted molar refractivity (Wildman–Crippen MR) is 124 cm³/mol. The van der Waals surface area contributed by atoms with E-state index >= 15 is 0 Å². The molecule has 4 nitrogen and oxygen atoms in total. The number of benzene rings is 3. The molecular formula is C25H24N2O2S. The fourth-order valence-electron chi connectivity index (χ4n) is 3.53. The Kier molecular flexibility index (Phi) is 5.91. The average molecular weight is 417 g/mol. The van der Waals surface area contributed by atoms with Gasteiger partial charge in [-0.05, 0) is 53.4 Å². The minimum absolute atomic E-state index is 0.0982. The van der Waals surface area contributed by atoms with Crippen molar-refractivity contribution in [2.75, 3.05) is 16.0 Å². The molecule has 4 rings (SSSR count).